The van der Waals surface area contributed by atoms with Crippen LogP contribution in [-0.4, -0.2) is 63.4 Å². The number of fused-ring (bicyclic) bond motifs is 1. The summed E-state index contributed by atoms with van der Waals surface area (Å²) in [4.78, 5) is 22.3. The smallest absolute Gasteiger partial charge is 0.246 e. The van der Waals surface area contributed by atoms with Crippen molar-refractivity contribution in [3.8, 4) is 11.5 Å². The molecule has 1 amide bonds. The van der Waals surface area contributed by atoms with Gasteiger partial charge in [-0.1, -0.05) is 24.3 Å². The van der Waals surface area contributed by atoms with Crippen LogP contribution in [0, 0.1) is 6.92 Å². The van der Waals surface area contributed by atoms with Gasteiger partial charge < -0.3 is 24.0 Å². The molecule has 0 N–H and O–H groups in total. The van der Waals surface area contributed by atoms with E-state index < -0.39 is 0 Å². The lowest BCUT2D eigenvalue weighted by Crippen LogP contribution is -2.36. The molecule has 0 aliphatic carbocycles. The minimum Gasteiger partial charge on any atom is -0.493 e. The van der Waals surface area contributed by atoms with Crippen molar-refractivity contribution in [3.05, 3.63) is 65.2 Å². The molecule has 1 aromatic heterocycles. The predicted molar refractivity (Wildman–Crippen MR) is 144 cm³/mol. The highest BCUT2D eigenvalue weighted by molar-refractivity contribution is 5.92. The first-order valence-electron chi connectivity index (χ1n) is 12.3. The number of amides is 1. The number of pyridine rings is 1. The Hall–Kier alpha value is -3.58. The molecule has 0 saturated carbocycles. The van der Waals surface area contributed by atoms with Crippen LogP contribution in [-0.2, 0) is 16.1 Å². The summed E-state index contributed by atoms with van der Waals surface area (Å²) >= 11 is 0. The minimum atomic E-state index is -0.0747. The van der Waals surface area contributed by atoms with E-state index in [0.717, 1.165) is 52.9 Å². The van der Waals surface area contributed by atoms with Crippen LogP contribution >= 0.6 is 0 Å². The van der Waals surface area contributed by atoms with Crippen LogP contribution < -0.4 is 14.4 Å². The molecule has 1 saturated heterocycles. The molecule has 7 heteroatoms. The third kappa shape index (κ3) is 5.79. The molecule has 0 radical (unpaired) electrons. The van der Waals surface area contributed by atoms with Gasteiger partial charge in [0.15, 0.2) is 11.5 Å². The molecule has 2 heterocycles. The molecule has 2 aromatic carbocycles. The first kappa shape index (κ1) is 25.5. The van der Waals surface area contributed by atoms with Crippen molar-refractivity contribution < 1.29 is 19.0 Å². The Kier molecular flexibility index (Phi) is 8.10. The average molecular weight is 490 g/mol. The maximum atomic E-state index is 13.5. The van der Waals surface area contributed by atoms with E-state index >= 15 is 0 Å². The Morgan fingerprint density at radius 3 is 2.64 bits per heavy atom. The van der Waals surface area contributed by atoms with Crippen LogP contribution in [0.2, 0.25) is 0 Å². The summed E-state index contributed by atoms with van der Waals surface area (Å²) in [6, 6.07) is 13.9. The van der Waals surface area contributed by atoms with Crippen LogP contribution in [0.5, 0.6) is 11.5 Å². The van der Waals surface area contributed by atoms with Crippen LogP contribution in [0.1, 0.15) is 29.5 Å². The van der Waals surface area contributed by atoms with Crippen LogP contribution in [0.4, 0.5) is 5.82 Å². The highest BCUT2D eigenvalue weighted by Crippen LogP contribution is 2.29. The largest absolute Gasteiger partial charge is 0.493 e. The molecule has 0 bridgehead atoms. The highest BCUT2D eigenvalue weighted by atomic mass is 16.5. The third-order valence-electron chi connectivity index (χ3n) is 6.47. The zero-order valence-electron chi connectivity index (χ0n) is 21.8. The second kappa shape index (κ2) is 11.4. The molecular formula is C29H35N3O4. The van der Waals surface area contributed by atoms with Gasteiger partial charge in [-0.3, -0.25) is 4.79 Å². The lowest BCUT2D eigenvalue weighted by molar-refractivity contribution is -0.128. The van der Waals surface area contributed by atoms with Crippen LogP contribution in [0.15, 0.2) is 48.5 Å². The fraction of sp³-hybridized carbons (Fsp3) is 0.379. The second-order valence-corrected chi connectivity index (χ2v) is 9.31. The second-order valence-electron chi connectivity index (χ2n) is 9.31. The number of hydrogen-bond donors (Lipinski definition) is 0. The van der Waals surface area contributed by atoms with Gasteiger partial charge in [0, 0.05) is 50.8 Å². The molecule has 0 spiro atoms. The molecule has 7 nitrogen and oxygen atoms in total. The van der Waals surface area contributed by atoms with Crippen molar-refractivity contribution >= 4 is 28.7 Å². The topological polar surface area (TPSA) is 64.1 Å². The van der Waals surface area contributed by atoms with E-state index in [-0.39, 0.29) is 12.0 Å². The Morgan fingerprint density at radius 1 is 1.14 bits per heavy atom. The number of anilines is 1. The molecule has 190 valence electrons. The van der Waals surface area contributed by atoms with Gasteiger partial charge in [0.25, 0.3) is 0 Å². The van der Waals surface area contributed by atoms with Crippen molar-refractivity contribution in [2.45, 2.75) is 32.4 Å². The molecule has 36 heavy (non-hydrogen) atoms. The van der Waals surface area contributed by atoms with E-state index in [0.29, 0.717) is 24.6 Å². The number of benzene rings is 2. The summed E-state index contributed by atoms with van der Waals surface area (Å²) in [6.07, 6.45) is 5.44. The Bertz CT molecular complexity index is 1250. The lowest BCUT2D eigenvalue weighted by atomic mass is 10.1. The normalized spacial score (nSPS) is 15.4. The number of methoxy groups -OCH3 is 2. The monoisotopic (exact) mass is 489 g/mol. The van der Waals surface area contributed by atoms with Crippen LogP contribution in [0.25, 0.3) is 17.0 Å². The average Bonchev–Trinajstić information content (AvgIpc) is 3.39. The van der Waals surface area contributed by atoms with Gasteiger partial charge in [-0.05, 0) is 55.2 Å². The summed E-state index contributed by atoms with van der Waals surface area (Å²) in [7, 11) is 7.17. The van der Waals surface area contributed by atoms with Gasteiger partial charge >= 0.3 is 0 Å². The van der Waals surface area contributed by atoms with Gasteiger partial charge in [-0.25, -0.2) is 4.98 Å². The number of para-hydroxylation sites is 1. The first-order chi connectivity index (χ1) is 17.4. The number of carbonyl (C=O) groups is 1. The molecule has 1 unspecified atom stereocenters. The summed E-state index contributed by atoms with van der Waals surface area (Å²) in [6.45, 7) is 3.79. The van der Waals surface area contributed by atoms with Crippen molar-refractivity contribution in [2.75, 3.05) is 46.4 Å². The molecule has 4 rings (SSSR count). The fourth-order valence-electron chi connectivity index (χ4n) is 4.59. The van der Waals surface area contributed by atoms with Crippen molar-refractivity contribution in [1.29, 1.82) is 0 Å². The van der Waals surface area contributed by atoms with Gasteiger partial charge in [0.1, 0.15) is 5.82 Å². The summed E-state index contributed by atoms with van der Waals surface area (Å²) in [5.74, 6) is 2.06. The molecule has 1 aliphatic rings. The van der Waals surface area contributed by atoms with E-state index in [2.05, 4.69) is 25.1 Å². The summed E-state index contributed by atoms with van der Waals surface area (Å²) in [5.41, 5.74) is 3.97. The minimum absolute atomic E-state index is 0.0434. The number of aromatic nitrogens is 1. The molecule has 1 fully saturated rings. The van der Waals surface area contributed by atoms with E-state index in [1.54, 1.807) is 20.3 Å². The quantitative estimate of drug-likeness (QED) is 0.401. The van der Waals surface area contributed by atoms with E-state index in [1.165, 1.54) is 0 Å². The van der Waals surface area contributed by atoms with Crippen molar-refractivity contribution in [3.63, 3.8) is 0 Å². The molecule has 1 atom stereocenters. The first-order valence-corrected chi connectivity index (χ1v) is 12.3. The zero-order valence-corrected chi connectivity index (χ0v) is 21.8. The SMILES string of the molecule is COc1ccc(/C=C/C(=O)N(Cc2cc3cccc(C)c3nc2N(C)C)CC2CCCO2)cc1OC. The number of ether oxygens (including phenoxy) is 3. The Balaban J connectivity index is 1.64. The standard InChI is InChI=1S/C29H35N3O4/c1-20-8-6-9-22-17-23(29(31(2)3)30-28(20)22)18-32(19-24-10-7-15-36-24)27(33)14-12-21-11-13-25(34-4)26(16-21)35-5/h6,8-9,11-14,16-17,24H,7,10,15,18-19H2,1-5H3/b14-12+. The number of rotatable bonds is 9. The summed E-state index contributed by atoms with van der Waals surface area (Å²) < 4.78 is 16.6. The number of hydrogen-bond acceptors (Lipinski definition) is 6. The zero-order chi connectivity index (χ0) is 25.7. The van der Waals surface area contributed by atoms with E-state index in [1.807, 2.05) is 54.2 Å². The van der Waals surface area contributed by atoms with Gasteiger partial charge in [0.2, 0.25) is 5.91 Å². The third-order valence-corrected chi connectivity index (χ3v) is 6.47. The maximum Gasteiger partial charge on any atom is 0.246 e. The maximum absolute atomic E-state index is 13.5. The Labute approximate surface area is 213 Å². The highest BCUT2D eigenvalue weighted by Gasteiger charge is 2.23. The lowest BCUT2D eigenvalue weighted by Gasteiger charge is -2.27. The van der Waals surface area contributed by atoms with Crippen molar-refractivity contribution in [2.24, 2.45) is 0 Å². The Morgan fingerprint density at radius 2 is 1.94 bits per heavy atom. The number of aryl methyl sites for hydroxylation is 1. The summed E-state index contributed by atoms with van der Waals surface area (Å²) in [5, 5.41) is 1.07. The van der Waals surface area contributed by atoms with E-state index in [4.69, 9.17) is 19.2 Å². The van der Waals surface area contributed by atoms with Crippen molar-refractivity contribution in [1.82, 2.24) is 9.88 Å². The number of carbonyl (C=O) groups excluding carboxylic acids is 1. The van der Waals surface area contributed by atoms with Gasteiger partial charge in [0.05, 0.1) is 25.8 Å². The molecule has 1 aliphatic heterocycles. The van der Waals surface area contributed by atoms with E-state index in [9.17, 15) is 4.79 Å². The van der Waals surface area contributed by atoms with Crippen LogP contribution in [0.3, 0.4) is 0 Å². The number of nitrogens with zero attached hydrogens (tertiary/aromatic N) is 3. The van der Waals surface area contributed by atoms with Gasteiger partial charge in [-0.15, -0.1) is 0 Å². The fourth-order valence-corrected chi connectivity index (χ4v) is 4.59. The predicted octanol–water partition coefficient (Wildman–Crippen LogP) is 4.85. The van der Waals surface area contributed by atoms with Gasteiger partial charge in [-0.2, -0.15) is 0 Å². The molecule has 3 aromatic rings. The molecular weight excluding hydrogens is 454 g/mol.